The fourth-order valence-electron chi connectivity index (χ4n) is 2.39. The molecule has 19 heavy (non-hydrogen) atoms. The third-order valence-corrected chi connectivity index (χ3v) is 4.11. The molecule has 0 aliphatic heterocycles. The summed E-state index contributed by atoms with van der Waals surface area (Å²) >= 11 is 5.72. The van der Waals surface area contributed by atoms with Crippen LogP contribution in [0.5, 0.6) is 0 Å². The Morgan fingerprint density at radius 1 is 1.42 bits per heavy atom. The van der Waals surface area contributed by atoms with Crippen LogP contribution in [0, 0.1) is 0 Å². The van der Waals surface area contributed by atoms with Crippen molar-refractivity contribution in [1.29, 1.82) is 0 Å². The number of rotatable bonds is 4. The SMILES string of the molecule is C=Cc1ccc(CC)cc1C(=S)C1=C(C)CCC=C1. The number of aryl methyl sites for hydroxylation is 1. The van der Waals surface area contributed by atoms with Crippen molar-refractivity contribution in [3.63, 3.8) is 0 Å². The Labute approximate surface area is 121 Å². The summed E-state index contributed by atoms with van der Waals surface area (Å²) in [6.07, 6.45) is 9.55. The van der Waals surface area contributed by atoms with Gasteiger partial charge < -0.3 is 0 Å². The summed E-state index contributed by atoms with van der Waals surface area (Å²) in [4.78, 5) is 0.957. The van der Waals surface area contributed by atoms with Crippen LogP contribution in [0.2, 0.25) is 0 Å². The van der Waals surface area contributed by atoms with Gasteiger partial charge in [0.15, 0.2) is 0 Å². The van der Waals surface area contributed by atoms with Gasteiger partial charge in [-0.1, -0.05) is 61.7 Å². The van der Waals surface area contributed by atoms with Crippen molar-refractivity contribution in [2.75, 3.05) is 0 Å². The van der Waals surface area contributed by atoms with Crippen LogP contribution < -0.4 is 0 Å². The monoisotopic (exact) mass is 268 g/mol. The zero-order chi connectivity index (χ0) is 13.8. The van der Waals surface area contributed by atoms with Crippen molar-refractivity contribution in [2.45, 2.75) is 33.1 Å². The Hall–Kier alpha value is -1.47. The zero-order valence-electron chi connectivity index (χ0n) is 11.7. The Kier molecular flexibility index (Phi) is 4.49. The van der Waals surface area contributed by atoms with Gasteiger partial charge in [-0.3, -0.25) is 0 Å². The fourth-order valence-corrected chi connectivity index (χ4v) is 2.81. The first-order valence-electron chi connectivity index (χ1n) is 6.83. The minimum atomic E-state index is 0.957. The van der Waals surface area contributed by atoms with E-state index in [-0.39, 0.29) is 0 Å². The Morgan fingerprint density at radius 2 is 2.21 bits per heavy atom. The first-order valence-corrected chi connectivity index (χ1v) is 7.24. The summed E-state index contributed by atoms with van der Waals surface area (Å²) in [5.41, 5.74) is 6.20. The van der Waals surface area contributed by atoms with Gasteiger partial charge >= 0.3 is 0 Å². The quantitative estimate of drug-likeness (QED) is 0.529. The van der Waals surface area contributed by atoms with Gasteiger partial charge in [0.05, 0.1) is 4.86 Å². The Bertz CT molecular complexity index is 573. The summed E-state index contributed by atoms with van der Waals surface area (Å²) in [7, 11) is 0. The van der Waals surface area contributed by atoms with E-state index in [0.29, 0.717) is 0 Å². The van der Waals surface area contributed by atoms with Gasteiger partial charge in [0.2, 0.25) is 0 Å². The average Bonchev–Trinajstić information content (AvgIpc) is 2.46. The molecule has 98 valence electrons. The molecule has 1 heteroatoms. The van der Waals surface area contributed by atoms with E-state index in [1.54, 1.807) is 0 Å². The van der Waals surface area contributed by atoms with Gasteiger partial charge in [0, 0.05) is 5.56 Å². The van der Waals surface area contributed by atoms with Crippen LogP contribution in [-0.2, 0) is 6.42 Å². The number of benzene rings is 1. The van der Waals surface area contributed by atoms with Crippen LogP contribution in [0.25, 0.3) is 6.08 Å². The van der Waals surface area contributed by atoms with E-state index < -0.39 is 0 Å². The highest BCUT2D eigenvalue weighted by Gasteiger charge is 2.14. The molecule has 0 atom stereocenters. The highest BCUT2D eigenvalue weighted by Crippen LogP contribution is 2.25. The summed E-state index contributed by atoms with van der Waals surface area (Å²) in [5, 5.41) is 0. The molecule has 0 heterocycles. The van der Waals surface area contributed by atoms with Crippen molar-refractivity contribution in [2.24, 2.45) is 0 Å². The predicted octanol–water partition coefficient (Wildman–Crippen LogP) is 5.28. The zero-order valence-corrected chi connectivity index (χ0v) is 12.5. The maximum Gasteiger partial charge on any atom is 0.0527 e. The van der Waals surface area contributed by atoms with Crippen molar-refractivity contribution in [3.8, 4) is 0 Å². The molecule has 0 amide bonds. The topological polar surface area (TPSA) is 0 Å². The fraction of sp³-hybridized carbons (Fsp3) is 0.278. The van der Waals surface area contributed by atoms with E-state index in [2.05, 4.69) is 50.8 Å². The van der Waals surface area contributed by atoms with E-state index in [9.17, 15) is 0 Å². The second-order valence-corrected chi connectivity index (χ2v) is 5.35. The number of hydrogen-bond donors (Lipinski definition) is 0. The van der Waals surface area contributed by atoms with Gasteiger partial charge in [0.1, 0.15) is 0 Å². The van der Waals surface area contributed by atoms with Crippen LogP contribution in [0.15, 0.2) is 48.1 Å². The van der Waals surface area contributed by atoms with Crippen molar-refractivity contribution >= 4 is 23.2 Å². The molecule has 0 radical (unpaired) electrons. The van der Waals surface area contributed by atoms with E-state index in [1.165, 1.54) is 16.7 Å². The molecule has 0 saturated heterocycles. The van der Waals surface area contributed by atoms with Crippen molar-refractivity contribution < 1.29 is 0 Å². The van der Waals surface area contributed by atoms with E-state index in [4.69, 9.17) is 12.2 Å². The van der Waals surface area contributed by atoms with Gasteiger partial charge in [0.25, 0.3) is 0 Å². The van der Waals surface area contributed by atoms with Gasteiger partial charge in [-0.15, -0.1) is 0 Å². The van der Waals surface area contributed by atoms with Gasteiger partial charge in [-0.25, -0.2) is 0 Å². The highest BCUT2D eigenvalue weighted by molar-refractivity contribution is 7.81. The number of thiocarbonyl (C=S) groups is 1. The lowest BCUT2D eigenvalue weighted by Gasteiger charge is -2.16. The van der Waals surface area contributed by atoms with E-state index >= 15 is 0 Å². The molecule has 2 rings (SSSR count). The van der Waals surface area contributed by atoms with E-state index in [1.807, 2.05) is 6.08 Å². The first kappa shape index (κ1) is 14.0. The molecule has 0 saturated carbocycles. The lowest BCUT2D eigenvalue weighted by atomic mass is 9.90. The van der Waals surface area contributed by atoms with Crippen LogP contribution in [0.3, 0.4) is 0 Å². The van der Waals surface area contributed by atoms with Crippen molar-refractivity contribution in [1.82, 2.24) is 0 Å². The molecular formula is C18H20S. The maximum atomic E-state index is 5.72. The molecule has 0 bridgehead atoms. The Balaban J connectivity index is 2.48. The summed E-state index contributed by atoms with van der Waals surface area (Å²) in [5.74, 6) is 0. The number of allylic oxidation sites excluding steroid dienone is 4. The highest BCUT2D eigenvalue weighted by atomic mass is 32.1. The summed E-state index contributed by atoms with van der Waals surface area (Å²) < 4.78 is 0. The molecule has 1 aromatic rings. The molecule has 1 aliphatic rings. The standard InChI is InChI=1S/C18H20S/c1-4-14-10-11-15(5-2)17(12-14)18(19)16-9-7-6-8-13(16)3/h5,7,9-12H,2,4,6,8H2,1,3H3. The third-order valence-electron chi connectivity index (χ3n) is 3.67. The molecule has 0 nitrogen and oxygen atoms in total. The minimum absolute atomic E-state index is 0.957. The van der Waals surface area contributed by atoms with Crippen LogP contribution >= 0.6 is 12.2 Å². The second kappa shape index (κ2) is 6.12. The lowest BCUT2D eigenvalue weighted by Crippen LogP contribution is -2.07. The van der Waals surface area contributed by atoms with Crippen molar-refractivity contribution in [3.05, 3.63) is 64.8 Å². The molecule has 1 aromatic carbocycles. The lowest BCUT2D eigenvalue weighted by molar-refractivity contribution is 0.953. The number of hydrogen-bond acceptors (Lipinski definition) is 1. The smallest absolute Gasteiger partial charge is 0.0527 e. The molecule has 0 aromatic heterocycles. The normalized spacial score (nSPS) is 14.6. The van der Waals surface area contributed by atoms with Crippen LogP contribution in [0.4, 0.5) is 0 Å². The molecular weight excluding hydrogens is 248 g/mol. The van der Waals surface area contributed by atoms with Gasteiger partial charge in [-0.2, -0.15) is 0 Å². The third kappa shape index (κ3) is 2.93. The summed E-state index contributed by atoms with van der Waals surface area (Å²) in [6, 6.07) is 6.49. The van der Waals surface area contributed by atoms with E-state index in [0.717, 1.165) is 35.3 Å². The maximum absolute atomic E-state index is 5.72. The Morgan fingerprint density at radius 3 is 2.84 bits per heavy atom. The largest absolute Gasteiger partial charge is 0.0984 e. The molecule has 1 aliphatic carbocycles. The minimum Gasteiger partial charge on any atom is -0.0984 e. The second-order valence-electron chi connectivity index (χ2n) is 4.94. The molecule has 0 N–H and O–H groups in total. The summed E-state index contributed by atoms with van der Waals surface area (Å²) in [6.45, 7) is 8.25. The molecule has 0 unspecified atom stereocenters. The van der Waals surface area contributed by atoms with Crippen LogP contribution in [-0.4, -0.2) is 4.86 Å². The first-order chi connectivity index (χ1) is 9.17. The van der Waals surface area contributed by atoms with Crippen LogP contribution in [0.1, 0.15) is 43.4 Å². The molecule has 0 fully saturated rings. The average molecular weight is 268 g/mol. The molecule has 0 spiro atoms. The predicted molar refractivity (Wildman–Crippen MR) is 88.7 cm³/mol. The van der Waals surface area contributed by atoms with Gasteiger partial charge in [-0.05, 0) is 49.0 Å².